The van der Waals surface area contributed by atoms with Crippen molar-refractivity contribution in [2.45, 2.75) is 18.6 Å². The number of hydrogen-bond acceptors (Lipinski definition) is 4. The smallest absolute Gasteiger partial charge is 0.317 e. The molecule has 0 spiro atoms. The maximum absolute atomic E-state index is 12.4. The van der Waals surface area contributed by atoms with Gasteiger partial charge in [-0.15, -0.1) is 0 Å². The molecule has 2 aliphatic heterocycles. The quantitative estimate of drug-likeness (QED) is 0.828. The summed E-state index contributed by atoms with van der Waals surface area (Å²) in [7, 11) is 1.60. The Morgan fingerprint density at radius 1 is 1.43 bits per heavy atom. The molecule has 0 radical (unpaired) electrons. The Bertz CT molecular complexity index is 536. The zero-order chi connectivity index (χ0) is 14.8. The van der Waals surface area contributed by atoms with Gasteiger partial charge >= 0.3 is 6.03 Å². The van der Waals surface area contributed by atoms with Crippen LogP contribution in [0, 0.1) is 5.92 Å². The Morgan fingerprint density at radius 3 is 3.00 bits per heavy atom. The summed E-state index contributed by atoms with van der Waals surface area (Å²) in [5.74, 6) is -0.306. The number of morpholine rings is 1. The van der Waals surface area contributed by atoms with Crippen molar-refractivity contribution in [3.63, 3.8) is 0 Å². The fraction of sp³-hybridized carbons (Fsp3) is 0.500. The molecule has 1 aromatic rings. The third-order valence-electron chi connectivity index (χ3n) is 3.92. The molecule has 0 aromatic carbocycles. The molecule has 2 fully saturated rings. The standard InChI is InChI=1S/C14H18N4O3/c1-15-14(20)18-7-10-5-11(12(8-18)21-10)13(19)17-9-3-2-4-16-6-9/h2-4,6,10-12H,5,7-8H2,1H3,(H,15,20)(H,17,19)/t10-,11-,12-/m0/s1. The van der Waals surface area contributed by atoms with Gasteiger partial charge in [0.1, 0.15) is 0 Å². The molecule has 0 saturated carbocycles. The molecule has 21 heavy (non-hydrogen) atoms. The highest BCUT2D eigenvalue weighted by Gasteiger charge is 2.45. The number of ether oxygens (including phenoxy) is 1. The highest BCUT2D eigenvalue weighted by molar-refractivity contribution is 5.93. The molecule has 0 unspecified atom stereocenters. The van der Waals surface area contributed by atoms with E-state index >= 15 is 0 Å². The van der Waals surface area contributed by atoms with Crippen LogP contribution < -0.4 is 10.6 Å². The van der Waals surface area contributed by atoms with E-state index in [-0.39, 0.29) is 30.1 Å². The van der Waals surface area contributed by atoms with E-state index in [4.69, 9.17) is 4.74 Å². The summed E-state index contributed by atoms with van der Waals surface area (Å²) < 4.78 is 5.80. The van der Waals surface area contributed by atoms with E-state index in [1.165, 1.54) is 0 Å². The van der Waals surface area contributed by atoms with Crippen LogP contribution in [0.5, 0.6) is 0 Å². The van der Waals surface area contributed by atoms with Gasteiger partial charge in [0.15, 0.2) is 0 Å². The summed E-state index contributed by atoms with van der Waals surface area (Å²) in [6.45, 7) is 0.980. The second-order valence-electron chi connectivity index (χ2n) is 5.33. The Labute approximate surface area is 122 Å². The summed E-state index contributed by atoms with van der Waals surface area (Å²) in [4.78, 5) is 29.7. The van der Waals surface area contributed by atoms with Gasteiger partial charge < -0.3 is 20.3 Å². The molecule has 2 aliphatic rings. The van der Waals surface area contributed by atoms with Crippen LogP contribution in [0.2, 0.25) is 0 Å². The van der Waals surface area contributed by atoms with Crippen molar-refractivity contribution < 1.29 is 14.3 Å². The minimum Gasteiger partial charge on any atom is -0.370 e. The molecule has 112 valence electrons. The second-order valence-corrected chi connectivity index (χ2v) is 5.33. The van der Waals surface area contributed by atoms with Gasteiger partial charge in [-0.3, -0.25) is 9.78 Å². The second kappa shape index (κ2) is 5.69. The number of carbonyl (C=O) groups excluding carboxylic acids is 2. The number of aromatic nitrogens is 1. The monoisotopic (exact) mass is 290 g/mol. The van der Waals surface area contributed by atoms with Gasteiger partial charge in [0.2, 0.25) is 5.91 Å². The number of nitrogens with one attached hydrogen (secondary N) is 2. The molecule has 2 saturated heterocycles. The summed E-state index contributed by atoms with van der Waals surface area (Å²) >= 11 is 0. The van der Waals surface area contributed by atoms with E-state index in [1.807, 2.05) is 0 Å². The van der Waals surface area contributed by atoms with E-state index < -0.39 is 0 Å². The van der Waals surface area contributed by atoms with Crippen LogP contribution in [-0.4, -0.2) is 54.2 Å². The SMILES string of the molecule is CNC(=O)N1C[C@@H]2C[C@H](C(=O)Nc3cccnc3)[C@H](C1)O2. The molecular formula is C14H18N4O3. The van der Waals surface area contributed by atoms with Gasteiger partial charge in [-0.05, 0) is 18.6 Å². The number of carbonyl (C=O) groups is 2. The minimum atomic E-state index is -0.238. The number of nitrogens with zero attached hydrogens (tertiary/aromatic N) is 2. The number of urea groups is 1. The van der Waals surface area contributed by atoms with Gasteiger partial charge in [-0.25, -0.2) is 4.79 Å². The van der Waals surface area contributed by atoms with Gasteiger partial charge in [0.05, 0.1) is 30.0 Å². The summed E-state index contributed by atoms with van der Waals surface area (Å²) in [6.07, 6.45) is 3.60. The summed E-state index contributed by atoms with van der Waals surface area (Å²) in [6, 6.07) is 3.44. The Balaban J connectivity index is 1.65. The van der Waals surface area contributed by atoms with Crippen molar-refractivity contribution in [1.29, 1.82) is 0 Å². The average molecular weight is 290 g/mol. The first-order valence-corrected chi connectivity index (χ1v) is 7.00. The molecule has 3 rings (SSSR count). The molecule has 7 nitrogen and oxygen atoms in total. The first-order valence-electron chi connectivity index (χ1n) is 7.00. The number of likely N-dealkylation sites (tertiary alicyclic amines) is 1. The maximum Gasteiger partial charge on any atom is 0.317 e. The number of amides is 3. The van der Waals surface area contributed by atoms with Gasteiger partial charge in [0, 0.05) is 26.3 Å². The van der Waals surface area contributed by atoms with E-state index in [2.05, 4.69) is 15.6 Å². The maximum atomic E-state index is 12.4. The third kappa shape index (κ3) is 2.82. The van der Waals surface area contributed by atoms with E-state index in [9.17, 15) is 9.59 Å². The van der Waals surface area contributed by atoms with Crippen LogP contribution >= 0.6 is 0 Å². The Kier molecular flexibility index (Phi) is 3.74. The molecule has 2 bridgehead atoms. The predicted octanol–water partition coefficient (Wildman–Crippen LogP) is 0.449. The highest BCUT2D eigenvalue weighted by Crippen LogP contribution is 2.32. The topological polar surface area (TPSA) is 83.6 Å². The Hall–Kier alpha value is -2.15. The fourth-order valence-electron chi connectivity index (χ4n) is 2.93. The van der Waals surface area contributed by atoms with Gasteiger partial charge in [-0.1, -0.05) is 0 Å². The normalized spacial score (nSPS) is 27.3. The van der Waals surface area contributed by atoms with E-state index in [0.717, 1.165) is 0 Å². The number of anilines is 1. The zero-order valence-electron chi connectivity index (χ0n) is 11.8. The fourth-order valence-corrected chi connectivity index (χ4v) is 2.93. The molecule has 2 N–H and O–H groups in total. The number of fused-ring (bicyclic) bond motifs is 2. The lowest BCUT2D eigenvalue weighted by atomic mass is 9.99. The van der Waals surface area contributed by atoms with Crippen molar-refractivity contribution in [2.75, 3.05) is 25.5 Å². The number of rotatable bonds is 2. The average Bonchev–Trinajstić information content (AvgIpc) is 2.81. The van der Waals surface area contributed by atoms with Gasteiger partial charge in [-0.2, -0.15) is 0 Å². The van der Waals surface area contributed by atoms with E-state index in [0.29, 0.717) is 25.2 Å². The zero-order valence-corrected chi connectivity index (χ0v) is 11.8. The first kappa shape index (κ1) is 13.8. The summed E-state index contributed by atoms with van der Waals surface area (Å²) in [5, 5.41) is 5.46. The van der Waals surface area contributed by atoms with E-state index in [1.54, 1.807) is 36.5 Å². The van der Waals surface area contributed by atoms with Crippen LogP contribution in [0.15, 0.2) is 24.5 Å². The van der Waals surface area contributed by atoms with Crippen LogP contribution in [-0.2, 0) is 9.53 Å². The molecular weight excluding hydrogens is 272 g/mol. The lowest BCUT2D eigenvalue weighted by Gasteiger charge is -2.32. The van der Waals surface area contributed by atoms with Crippen molar-refractivity contribution in [3.05, 3.63) is 24.5 Å². The van der Waals surface area contributed by atoms with Crippen molar-refractivity contribution in [2.24, 2.45) is 5.92 Å². The lowest BCUT2D eigenvalue weighted by Crippen LogP contribution is -2.50. The molecule has 0 aliphatic carbocycles. The predicted molar refractivity (Wildman–Crippen MR) is 75.7 cm³/mol. The largest absolute Gasteiger partial charge is 0.370 e. The number of hydrogen-bond donors (Lipinski definition) is 2. The highest BCUT2D eigenvalue weighted by atomic mass is 16.5. The molecule has 3 atom stereocenters. The Morgan fingerprint density at radius 2 is 2.29 bits per heavy atom. The molecule has 7 heteroatoms. The minimum absolute atomic E-state index is 0.0642. The van der Waals surface area contributed by atoms with Crippen molar-refractivity contribution in [3.8, 4) is 0 Å². The van der Waals surface area contributed by atoms with Crippen LogP contribution in [0.4, 0.5) is 10.5 Å². The summed E-state index contributed by atoms with van der Waals surface area (Å²) in [5.41, 5.74) is 0.673. The van der Waals surface area contributed by atoms with Gasteiger partial charge in [0.25, 0.3) is 0 Å². The lowest BCUT2D eigenvalue weighted by molar-refractivity contribution is -0.122. The van der Waals surface area contributed by atoms with Crippen LogP contribution in [0.1, 0.15) is 6.42 Å². The molecule has 3 heterocycles. The first-order chi connectivity index (χ1) is 10.2. The van der Waals surface area contributed by atoms with Crippen LogP contribution in [0.25, 0.3) is 0 Å². The molecule has 3 amide bonds. The van der Waals surface area contributed by atoms with Crippen molar-refractivity contribution >= 4 is 17.6 Å². The third-order valence-corrected chi connectivity index (χ3v) is 3.92. The molecule has 1 aromatic heterocycles. The number of pyridine rings is 1. The van der Waals surface area contributed by atoms with Crippen LogP contribution in [0.3, 0.4) is 0 Å². The van der Waals surface area contributed by atoms with Crippen molar-refractivity contribution in [1.82, 2.24) is 15.2 Å².